The van der Waals surface area contributed by atoms with Crippen LogP contribution in [0.4, 0.5) is 0 Å². The highest BCUT2D eigenvalue weighted by Gasteiger charge is 2.59. The summed E-state index contributed by atoms with van der Waals surface area (Å²) < 4.78 is 6.14. The number of allylic oxidation sites excluding steroid dienone is 7. The second kappa shape index (κ2) is 22.0. The Balaban J connectivity index is 1.07. The van der Waals surface area contributed by atoms with E-state index in [1.807, 2.05) is 0 Å². The van der Waals surface area contributed by atoms with E-state index < -0.39 is 0 Å². The van der Waals surface area contributed by atoms with Crippen molar-refractivity contribution in [3.8, 4) is 0 Å². The van der Waals surface area contributed by atoms with Crippen molar-refractivity contribution in [2.24, 2.45) is 46.3 Å². The maximum Gasteiger partial charge on any atom is 0.306 e. The summed E-state index contributed by atoms with van der Waals surface area (Å²) in [5.41, 5.74) is 2.51. The van der Waals surface area contributed by atoms with E-state index in [0.717, 1.165) is 74.0 Å². The Hall–Kier alpha value is -1.57. The van der Waals surface area contributed by atoms with E-state index in [4.69, 9.17) is 4.74 Å². The second-order valence-electron chi connectivity index (χ2n) is 18.7. The zero-order chi connectivity index (χ0) is 36.5. The number of hydrogen-bond donors (Lipinski definition) is 0. The smallest absolute Gasteiger partial charge is 0.306 e. The Morgan fingerprint density at radius 3 is 2.14 bits per heavy atom. The van der Waals surface area contributed by atoms with Crippen LogP contribution >= 0.6 is 0 Å². The van der Waals surface area contributed by atoms with Crippen molar-refractivity contribution in [3.63, 3.8) is 0 Å². The number of esters is 1. The van der Waals surface area contributed by atoms with Crippen molar-refractivity contribution in [1.29, 1.82) is 0 Å². The maximum atomic E-state index is 12.8. The van der Waals surface area contributed by atoms with Gasteiger partial charge in [-0.1, -0.05) is 147 Å². The van der Waals surface area contributed by atoms with Crippen molar-refractivity contribution >= 4 is 5.97 Å². The van der Waals surface area contributed by atoms with Crippen molar-refractivity contribution in [2.45, 2.75) is 208 Å². The van der Waals surface area contributed by atoms with Crippen LogP contribution in [0.1, 0.15) is 202 Å². The van der Waals surface area contributed by atoms with Gasteiger partial charge in [-0.2, -0.15) is 0 Å². The molecule has 3 saturated carbocycles. The van der Waals surface area contributed by atoms with Crippen LogP contribution in [0.5, 0.6) is 0 Å². The third kappa shape index (κ3) is 12.5. The number of unbranched alkanes of at least 4 members (excludes halogenated alkanes) is 9. The molecule has 290 valence electrons. The lowest BCUT2D eigenvalue weighted by Gasteiger charge is -2.58. The van der Waals surface area contributed by atoms with Gasteiger partial charge in [-0.05, 0) is 136 Å². The van der Waals surface area contributed by atoms with Gasteiger partial charge in [-0.25, -0.2) is 0 Å². The SMILES string of the molecule is CCCCC/C=C\C/C=C\C/C=C\CCCCCCCCC(=O)O[C@H]1CC[C@@]2(C)C(=CC[C@H]3[C@@H]4CC[C@H]([C@H](C)CCCC(C)C)[C@@]4(C)CC[C@@H]32)C1. The molecule has 0 amide bonds. The van der Waals surface area contributed by atoms with Crippen LogP contribution in [0.3, 0.4) is 0 Å². The average molecular weight is 703 g/mol. The number of fused-ring (bicyclic) bond motifs is 5. The molecule has 0 N–H and O–H groups in total. The molecule has 51 heavy (non-hydrogen) atoms. The van der Waals surface area contributed by atoms with E-state index in [9.17, 15) is 4.79 Å². The summed E-state index contributed by atoms with van der Waals surface area (Å²) in [6, 6.07) is 0. The molecule has 0 unspecified atom stereocenters. The molecule has 0 radical (unpaired) electrons. The number of hydrogen-bond acceptors (Lipinski definition) is 2. The zero-order valence-electron chi connectivity index (χ0n) is 34.6. The van der Waals surface area contributed by atoms with Crippen LogP contribution in [0.2, 0.25) is 0 Å². The lowest BCUT2D eigenvalue weighted by molar-refractivity contribution is -0.151. The van der Waals surface area contributed by atoms with Crippen LogP contribution in [0.15, 0.2) is 48.1 Å². The number of carbonyl (C=O) groups is 1. The fourth-order valence-corrected chi connectivity index (χ4v) is 11.5. The Morgan fingerprint density at radius 1 is 0.765 bits per heavy atom. The fraction of sp³-hybridized carbons (Fsp3) is 0.816. The summed E-state index contributed by atoms with van der Waals surface area (Å²) in [6.07, 6.45) is 47.5. The molecule has 4 aliphatic rings. The summed E-state index contributed by atoms with van der Waals surface area (Å²) in [5.74, 6) is 5.29. The molecule has 3 fully saturated rings. The molecule has 2 nitrogen and oxygen atoms in total. The highest BCUT2D eigenvalue weighted by Crippen LogP contribution is 2.67. The Labute approximate surface area is 317 Å². The Morgan fingerprint density at radius 2 is 1.43 bits per heavy atom. The van der Waals surface area contributed by atoms with Gasteiger partial charge in [0.2, 0.25) is 0 Å². The summed E-state index contributed by atoms with van der Waals surface area (Å²) >= 11 is 0. The first-order chi connectivity index (χ1) is 24.7. The standard InChI is InChI=1S/C49H82O2/c1-7-8-9-10-11-12-13-14-15-16-17-18-19-20-21-22-23-24-25-29-47(50)51-42-34-36-48(5)41(38-42)30-31-43-45-33-32-44(40(4)28-26-27-39(2)3)49(45,6)37-35-46(43)48/h11-12,14-15,17-18,30,39-40,42-46H,7-10,13,16,19-29,31-38H2,1-6H3/b12-11-,15-14-,18-17-/t40-,42+,43+,44-,45+,46+,48+,49-/m1/s1. The predicted octanol–water partition coefficient (Wildman–Crippen LogP) is 15.1. The molecule has 0 aromatic carbocycles. The number of rotatable bonds is 23. The first-order valence-corrected chi connectivity index (χ1v) is 22.5. The first kappa shape index (κ1) is 42.2. The fourth-order valence-electron chi connectivity index (χ4n) is 11.5. The third-order valence-corrected chi connectivity index (χ3v) is 14.6. The largest absolute Gasteiger partial charge is 0.462 e. The molecule has 2 heteroatoms. The van der Waals surface area contributed by atoms with Crippen LogP contribution in [-0.4, -0.2) is 12.1 Å². The van der Waals surface area contributed by atoms with Gasteiger partial charge in [0.1, 0.15) is 6.10 Å². The van der Waals surface area contributed by atoms with Crippen LogP contribution in [0, 0.1) is 46.3 Å². The van der Waals surface area contributed by atoms with Crippen LogP contribution in [0.25, 0.3) is 0 Å². The topological polar surface area (TPSA) is 26.3 Å². The molecule has 0 heterocycles. The van der Waals surface area contributed by atoms with E-state index in [1.54, 1.807) is 5.57 Å². The van der Waals surface area contributed by atoms with Gasteiger partial charge in [0.15, 0.2) is 0 Å². The van der Waals surface area contributed by atoms with Crippen molar-refractivity contribution < 1.29 is 9.53 Å². The van der Waals surface area contributed by atoms with Crippen LogP contribution in [-0.2, 0) is 9.53 Å². The van der Waals surface area contributed by atoms with Crippen LogP contribution < -0.4 is 0 Å². The quantitative estimate of drug-likeness (QED) is 0.0602. The van der Waals surface area contributed by atoms with Gasteiger partial charge < -0.3 is 4.74 Å². The van der Waals surface area contributed by atoms with Gasteiger partial charge in [-0.3, -0.25) is 4.79 Å². The predicted molar refractivity (Wildman–Crippen MR) is 221 cm³/mol. The van der Waals surface area contributed by atoms with E-state index in [2.05, 4.69) is 84.1 Å². The lowest BCUT2D eigenvalue weighted by Crippen LogP contribution is -2.51. The number of carbonyl (C=O) groups excluding carboxylic acids is 1. The lowest BCUT2D eigenvalue weighted by atomic mass is 9.47. The minimum atomic E-state index is 0.0491. The van der Waals surface area contributed by atoms with Gasteiger partial charge in [-0.15, -0.1) is 0 Å². The van der Waals surface area contributed by atoms with Gasteiger partial charge in [0, 0.05) is 12.8 Å². The minimum Gasteiger partial charge on any atom is -0.462 e. The molecule has 0 bridgehead atoms. The second-order valence-corrected chi connectivity index (χ2v) is 18.7. The molecule has 0 aromatic rings. The molecule has 0 spiro atoms. The zero-order valence-corrected chi connectivity index (χ0v) is 34.6. The first-order valence-electron chi connectivity index (χ1n) is 22.5. The summed E-state index contributed by atoms with van der Waals surface area (Å²) in [4.78, 5) is 12.8. The van der Waals surface area contributed by atoms with Crippen molar-refractivity contribution in [2.75, 3.05) is 0 Å². The van der Waals surface area contributed by atoms with Crippen molar-refractivity contribution in [3.05, 3.63) is 48.1 Å². The molecular weight excluding hydrogens is 621 g/mol. The molecule has 0 aliphatic heterocycles. The molecule has 0 aromatic heterocycles. The van der Waals surface area contributed by atoms with E-state index in [0.29, 0.717) is 17.3 Å². The maximum absolute atomic E-state index is 12.8. The summed E-state index contributed by atoms with van der Waals surface area (Å²) in [5, 5.41) is 0. The molecule has 0 saturated heterocycles. The van der Waals surface area contributed by atoms with E-state index in [-0.39, 0.29) is 12.1 Å². The summed E-state index contributed by atoms with van der Waals surface area (Å²) in [6.45, 7) is 14.9. The summed E-state index contributed by atoms with van der Waals surface area (Å²) in [7, 11) is 0. The van der Waals surface area contributed by atoms with E-state index in [1.165, 1.54) is 116 Å². The highest BCUT2D eigenvalue weighted by molar-refractivity contribution is 5.69. The van der Waals surface area contributed by atoms with Gasteiger partial charge in [0.05, 0.1) is 0 Å². The Bertz CT molecular complexity index is 1130. The average Bonchev–Trinajstić information content (AvgIpc) is 3.46. The normalized spacial score (nSPS) is 31.3. The highest BCUT2D eigenvalue weighted by atomic mass is 16.5. The minimum absolute atomic E-state index is 0.0491. The third-order valence-electron chi connectivity index (χ3n) is 14.6. The molecular formula is C49H82O2. The molecule has 8 atom stereocenters. The Kier molecular flexibility index (Phi) is 18.2. The van der Waals surface area contributed by atoms with Gasteiger partial charge >= 0.3 is 5.97 Å². The van der Waals surface area contributed by atoms with E-state index >= 15 is 0 Å². The molecule has 4 rings (SSSR count). The number of ether oxygens (including phenoxy) is 1. The monoisotopic (exact) mass is 703 g/mol. The van der Waals surface area contributed by atoms with Crippen molar-refractivity contribution in [1.82, 2.24) is 0 Å². The van der Waals surface area contributed by atoms with Gasteiger partial charge in [0.25, 0.3) is 0 Å². The molecule has 4 aliphatic carbocycles.